The molecule has 154 valence electrons. The van der Waals surface area contributed by atoms with Crippen molar-refractivity contribution in [1.82, 2.24) is 5.32 Å². The quantitative estimate of drug-likeness (QED) is 0.724. The highest BCUT2D eigenvalue weighted by Gasteiger charge is 2.32. The molecule has 2 aliphatic heterocycles. The molecule has 0 spiro atoms. The van der Waals surface area contributed by atoms with Crippen LogP contribution in [0, 0.1) is 5.92 Å². The Hall–Kier alpha value is -2.24. The molecule has 3 aliphatic rings. The van der Waals surface area contributed by atoms with E-state index < -0.39 is 0 Å². The predicted octanol–water partition coefficient (Wildman–Crippen LogP) is 4.26. The minimum Gasteiger partial charge on any atom is -0.491 e. The number of benzene rings is 2. The largest absolute Gasteiger partial charge is 0.491 e. The topological polar surface area (TPSA) is 49.0 Å². The Labute approximate surface area is 172 Å². The summed E-state index contributed by atoms with van der Waals surface area (Å²) >= 11 is 0. The summed E-state index contributed by atoms with van der Waals surface area (Å²) in [5.74, 6) is 3.34. The van der Waals surface area contributed by atoms with E-state index in [-0.39, 0.29) is 6.10 Å². The number of rotatable bonds is 8. The van der Waals surface area contributed by atoms with Crippen LogP contribution in [-0.4, -0.2) is 32.5 Å². The second-order valence-electron chi connectivity index (χ2n) is 8.19. The van der Waals surface area contributed by atoms with Gasteiger partial charge in [0.25, 0.3) is 0 Å². The molecule has 5 nitrogen and oxygen atoms in total. The zero-order chi connectivity index (χ0) is 19.5. The van der Waals surface area contributed by atoms with Crippen molar-refractivity contribution in [3.8, 4) is 17.2 Å². The van der Waals surface area contributed by atoms with Gasteiger partial charge in [-0.25, -0.2) is 0 Å². The van der Waals surface area contributed by atoms with Crippen LogP contribution < -0.4 is 19.5 Å². The molecule has 1 saturated heterocycles. The van der Waals surface area contributed by atoms with Crippen LogP contribution in [-0.2, 0) is 11.3 Å². The average molecular weight is 395 g/mol. The summed E-state index contributed by atoms with van der Waals surface area (Å²) in [6.07, 6.45) is 5.06. The normalized spacial score (nSPS) is 21.7. The molecule has 1 saturated carbocycles. The summed E-state index contributed by atoms with van der Waals surface area (Å²) in [5, 5.41) is 3.76. The molecule has 0 bridgehead atoms. The molecule has 29 heavy (non-hydrogen) atoms. The van der Waals surface area contributed by atoms with Gasteiger partial charge in [0.05, 0.1) is 6.10 Å². The number of nitrogens with one attached hydrogen (secondary N) is 1. The van der Waals surface area contributed by atoms with Crippen molar-refractivity contribution in [3.63, 3.8) is 0 Å². The number of fused-ring (bicyclic) bond motifs is 1. The summed E-state index contributed by atoms with van der Waals surface area (Å²) in [4.78, 5) is 0. The highest BCUT2D eigenvalue weighted by atomic mass is 16.6. The van der Waals surface area contributed by atoms with Crippen LogP contribution in [0.2, 0.25) is 0 Å². The Balaban J connectivity index is 1.19. The molecule has 2 fully saturated rings. The van der Waals surface area contributed by atoms with Crippen molar-refractivity contribution >= 4 is 0 Å². The van der Waals surface area contributed by atoms with Gasteiger partial charge in [-0.3, -0.25) is 0 Å². The van der Waals surface area contributed by atoms with Gasteiger partial charge in [0, 0.05) is 19.2 Å². The zero-order valence-electron chi connectivity index (χ0n) is 16.8. The summed E-state index contributed by atoms with van der Waals surface area (Å²) in [6, 6.07) is 15.1. The number of hydrogen-bond acceptors (Lipinski definition) is 5. The molecule has 2 atom stereocenters. The first-order chi connectivity index (χ1) is 14.3. The summed E-state index contributed by atoms with van der Waals surface area (Å²) < 4.78 is 22.9. The summed E-state index contributed by atoms with van der Waals surface area (Å²) in [5.41, 5.74) is 2.55. The third-order valence-corrected chi connectivity index (χ3v) is 5.93. The Bertz CT molecular complexity index is 812. The van der Waals surface area contributed by atoms with E-state index in [1.165, 1.54) is 24.0 Å². The number of hydrogen-bond donors (Lipinski definition) is 1. The van der Waals surface area contributed by atoms with Crippen LogP contribution in [0.15, 0.2) is 42.5 Å². The molecule has 0 radical (unpaired) electrons. The molecule has 2 heterocycles. The van der Waals surface area contributed by atoms with Crippen LogP contribution in [0.25, 0.3) is 0 Å². The van der Waals surface area contributed by atoms with Gasteiger partial charge >= 0.3 is 0 Å². The lowest BCUT2D eigenvalue weighted by Gasteiger charge is -2.23. The van der Waals surface area contributed by atoms with Gasteiger partial charge in [0.2, 0.25) is 0 Å². The fourth-order valence-corrected chi connectivity index (χ4v) is 4.14. The first kappa shape index (κ1) is 18.8. The Morgan fingerprint density at radius 1 is 0.931 bits per heavy atom. The lowest BCUT2D eigenvalue weighted by Crippen LogP contribution is -2.23. The second-order valence-corrected chi connectivity index (χ2v) is 8.19. The van der Waals surface area contributed by atoms with Crippen molar-refractivity contribution < 1.29 is 18.9 Å². The number of ether oxygens (including phenoxy) is 4. The summed E-state index contributed by atoms with van der Waals surface area (Å²) in [6.45, 7) is 3.60. The van der Waals surface area contributed by atoms with Gasteiger partial charge in [-0.1, -0.05) is 18.2 Å². The molecule has 1 aliphatic carbocycles. The lowest BCUT2D eigenvalue weighted by atomic mass is 10.0. The maximum Gasteiger partial charge on any atom is 0.161 e. The van der Waals surface area contributed by atoms with E-state index in [2.05, 4.69) is 41.7 Å². The smallest absolute Gasteiger partial charge is 0.161 e. The van der Waals surface area contributed by atoms with Crippen molar-refractivity contribution in [2.45, 2.75) is 44.4 Å². The average Bonchev–Trinajstić information content (AvgIpc) is 3.47. The molecular weight excluding hydrogens is 366 g/mol. The zero-order valence-corrected chi connectivity index (χ0v) is 16.8. The van der Waals surface area contributed by atoms with Crippen molar-refractivity contribution in [2.75, 3.05) is 26.4 Å². The first-order valence-electron chi connectivity index (χ1n) is 10.8. The van der Waals surface area contributed by atoms with Gasteiger partial charge in [-0.05, 0) is 67.0 Å². The molecule has 2 aromatic rings. The van der Waals surface area contributed by atoms with E-state index in [0.717, 1.165) is 43.2 Å². The third-order valence-electron chi connectivity index (χ3n) is 5.93. The van der Waals surface area contributed by atoms with Crippen molar-refractivity contribution in [2.24, 2.45) is 5.92 Å². The molecule has 1 N–H and O–H groups in total. The highest BCUT2D eigenvalue weighted by molar-refractivity contribution is 5.45. The molecule has 2 aromatic carbocycles. The molecular formula is C24H29NO4. The minimum atomic E-state index is 0.252. The third kappa shape index (κ3) is 4.68. The van der Waals surface area contributed by atoms with Crippen LogP contribution in [0.3, 0.4) is 0 Å². The Morgan fingerprint density at radius 3 is 2.52 bits per heavy atom. The molecule has 0 amide bonds. The van der Waals surface area contributed by atoms with Crippen molar-refractivity contribution in [3.05, 3.63) is 53.6 Å². The summed E-state index contributed by atoms with van der Waals surface area (Å²) in [7, 11) is 0. The highest BCUT2D eigenvalue weighted by Crippen LogP contribution is 2.43. The maximum absolute atomic E-state index is 5.87. The van der Waals surface area contributed by atoms with E-state index in [4.69, 9.17) is 18.9 Å². The van der Waals surface area contributed by atoms with Gasteiger partial charge in [0.15, 0.2) is 11.5 Å². The maximum atomic E-state index is 5.87. The minimum absolute atomic E-state index is 0.252. The van der Waals surface area contributed by atoms with E-state index >= 15 is 0 Å². The van der Waals surface area contributed by atoms with Gasteiger partial charge in [0.1, 0.15) is 25.6 Å². The molecule has 5 rings (SSSR count). The molecule has 5 heteroatoms. The van der Waals surface area contributed by atoms with E-state index in [1.54, 1.807) is 0 Å². The Morgan fingerprint density at radius 2 is 1.76 bits per heavy atom. The van der Waals surface area contributed by atoms with Gasteiger partial charge < -0.3 is 24.3 Å². The molecule has 0 aromatic heterocycles. The van der Waals surface area contributed by atoms with Crippen LogP contribution in [0.1, 0.15) is 42.9 Å². The predicted molar refractivity (Wildman–Crippen MR) is 111 cm³/mol. The Kier molecular flexibility index (Phi) is 5.59. The second kappa shape index (κ2) is 8.64. The van der Waals surface area contributed by atoms with E-state index in [1.807, 2.05) is 6.07 Å². The fraction of sp³-hybridized carbons (Fsp3) is 0.500. The van der Waals surface area contributed by atoms with E-state index in [9.17, 15) is 0 Å². The fourth-order valence-electron chi connectivity index (χ4n) is 4.14. The molecule has 2 unspecified atom stereocenters. The van der Waals surface area contributed by atoms with Crippen LogP contribution in [0.4, 0.5) is 0 Å². The van der Waals surface area contributed by atoms with Gasteiger partial charge in [-0.15, -0.1) is 0 Å². The van der Waals surface area contributed by atoms with Crippen molar-refractivity contribution in [1.29, 1.82) is 0 Å². The first-order valence-corrected chi connectivity index (χ1v) is 10.8. The monoisotopic (exact) mass is 395 g/mol. The lowest BCUT2D eigenvalue weighted by molar-refractivity contribution is 0.0679. The van der Waals surface area contributed by atoms with Crippen LogP contribution in [0.5, 0.6) is 17.2 Å². The van der Waals surface area contributed by atoms with Crippen LogP contribution >= 0.6 is 0 Å². The standard InChI is InChI=1S/C24H29NO4/c1-2-21(26-11-1)16-29-20-8-3-17(4-9-20)15-25-24(18-5-6-18)19-7-10-22-23(14-19)28-13-12-27-22/h3-4,7-10,14,18,21,24-25H,1-2,5-6,11-13,15-16H2. The van der Waals surface area contributed by atoms with Gasteiger partial charge in [-0.2, -0.15) is 0 Å². The SMILES string of the molecule is c1cc(OCC2CCCO2)ccc1CNC(c1ccc2c(c1)OCCO2)C1CC1. The van der Waals surface area contributed by atoms with E-state index in [0.29, 0.717) is 31.8 Å².